The van der Waals surface area contributed by atoms with E-state index < -0.39 is 13.4 Å². The van der Waals surface area contributed by atoms with Gasteiger partial charge in [0, 0.05) is 6.20 Å². The molecular weight excluding hydrogens is 341 g/mol. The van der Waals surface area contributed by atoms with Crippen LogP contribution in [0.5, 0.6) is 0 Å². The number of nitrogen functional groups attached to an aromatic ring is 1. The number of hydrogen-bond donors (Lipinski definition) is 1. The van der Waals surface area contributed by atoms with Crippen molar-refractivity contribution in [2.75, 3.05) is 18.9 Å². The zero-order valence-corrected chi connectivity index (χ0v) is 16.5. The van der Waals surface area contributed by atoms with Gasteiger partial charge in [0.05, 0.1) is 25.5 Å². The first-order valence-corrected chi connectivity index (χ1v) is 10.7. The monoisotopic (exact) mass is 373 g/mol. The summed E-state index contributed by atoms with van der Waals surface area (Å²) in [6, 6.07) is 1.72. The maximum absolute atomic E-state index is 13.3. The number of anilines is 1. The van der Waals surface area contributed by atoms with Crippen molar-refractivity contribution in [1.82, 2.24) is 9.97 Å². The predicted octanol–water partition coefficient (Wildman–Crippen LogP) is 4.53. The molecule has 0 bridgehead atoms. The molecule has 1 aromatic rings. The second-order valence-corrected chi connectivity index (χ2v) is 8.05. The Bertz CT molecular complexity index is 516. The molecule has 1 atom stereocenters. The number of ether oxygens (including phenoxy) is 1. The largest absolute Gasteiger partial charge is 0.368 e. The molecule has 0 radical (unpaired) electrons. The van der Waals surface area contributed by atoms with E-state index in [1.807, 2.05) is 6.92 Å². The van der Waals surface area contributed by atoms with E-state index in [2.05, 4.69) is 23.8 Å². The second kappa shape index (κ2) is 12.4. The van der Waals surface area contributed by atoms with Gasteiger partial charge in [-0.1, -0.05) is 40.0 Å². The molecule has 1 rings (SSSR count). The average Bonchev–Trinajstić information content (AvgIpc) is 2.59. The molecule has 8 heteroatoms. The average molecular weight is 373 g/mol. The maximum Gasteiger partial charge on any atom is 0.359 e. The standard InChI is InChI=1S/C17H32N3O4P/c1-4-7-12-23-25(21,24-13-8-5-2)16(9-6-3)22-14-15-10-11-19-17(18)20-15/h10-11,16H,4-9,12-14H2,1-3H3,(H2,18,19,20). The normalized spacial score (nSPS) is 13.1. The van der Waals surface area contributed by atoms with Crippen LogP contribution in [0.3, 0.4) is 0 Å². The number of hydrogen-bond acceptors (Lipinski definition) is 7. The van der Waals surface area contributed by atoms with Crippen molar-refractivity contribution in [2.45, 2.75) is 71.7 Å². The van der Waals surface area contributed by atoms with Crippen LogP contribution in [0.4, 0.5) is 5.95 Å². The Hall–Kier alpha value is -1.01. The minimum atomic E-state index is -3.35. The fraction of sp³-hybridized carbons (Fsp3) is 0.765. The Kier molecular flexibility index (Phi) is 10.9. The van der Waals surface area contributed by atoms with E-state index in [9.17, 15) is 4.57 Å². The lowest BCUT2D eigenvalue weighted by Gasteiger charge is -2.27. The second-order valence-electron chi connectivity index (χ2n) is 5.87. The van der Waals surface area contributed by atoms with E-state index in [1.54, 1.807) is 12.3 Å². The van der Waals surface area contributed by atoms with Gasteiger partial charge in [0.15, 0.2) is 5.85 Å². The molecule has 0 aliphatic carbocycles. The van der Waals surface area contributed by atoms with E-state index >= 15 is 0 Å². The van der Waals surface area contributed by atoms with Gasteiger partial charge in [-0.05, 0) is 25.3 Å². The summed E-state index contributed by atoms with van der Waals surface area (Å²) < 4.78 is 30.6. The number of nitrogens with two attached hydrogens (primary N) is 1. The third-order valence-corrected chi connectivity index (χ3v) is 5.78. The molecule has 144 valence electrons. The van der Waals surface area contributed by atoms with E-state index in [0.717, 1.165) is 32.1 Å². The summed E-state index contributed by atoms with van der Waals surface area (Å²) >= 11 is 0. The third kappa shape index (κ3) is 8.27. The lowest BCUT2D eigenvalue weighted by molar-refractivity contribution is 0.0503. The van der Waals surface area contributed by atoms with Crippen LogP contribution in [0.1, 0.15) is 65.0 Å². The number of nitrogens with zero attached hydrogens (tertiary/aromatic N) is 2. The summed E-state index contributed by atoms with van der Waals surface area (Å²) in [6.45, 7) is 7.14. The van der Waals surface area contributed by atoms with Crippen LogP contribution in [0, 0.1) is 0 Å². The molecule has 0 spiro atoms. The quantitative estimate of drug-likeness (QED) is 0.378. The number of rotatable bonds is 14. The van der Waals surface area contributed by atoms with Gasteiger partial charge < -0.3 is 19.5 Å². The molecule has 1 heterocycles. The van der Waals surface area contributed by atoms with Crippen molar-refractivity contribution in [2.24, 2.45) is 0 Å². The minimum Gasteiger partial charge on any atom is -0.368 e. The first-order valence-electron chi connectivity index (χ1n) is 9.13. The van der Waals surface area contributed by atoms with Crippen LogP contribution in [-0.2, 0) is 25.0 Å². The molecule has 0 saturated heterocycles. The molecule has 1 aromatic heterocycles. The van der Waals surface area contributed by atoms with Crippen molar-refractivity contribution in [1.29, 1.82) is 0 Å². The zero-order chi connectivity index (χ0) is 18.5. The lowest BCUT2D eigenvalue weighted by Crippen LogP contribution is -2.18. The van der Waals surface area contributed by atoms with Crippen molar-refractivity contribution < 1.29 is 18.3 Å². The molecular formula is C17H32N3O4P. The Morgan fingerprint density at radius 3 is 2.28 bits per heavy atom. The zero-order valence-electron chi connectivity index (χ0n) is 15.6. The molecule has 2 N–H and O–H groups in total. The summed E-state index contributed by atoms with van der Waals surface area (Å²) in [5.41, 5.74) is 6.23. The van der Waals surface area contributed by atoms with Crippen molar-refractivity contribution >= 4 is 13.5 Å². The highest BCUT2D eigenvalue weighted by Gasteiger charge is 2.36. The van der Waals surface area contributed by atoms with Gasteiger partial charge in [-0.2, -0.15) is 0 Å². The molecule has 7 nitrogen and oxygen atoms in total. The van der Waals surface area contributed by atoms with Gasteiger partial charge in [-0.15, -0.1) is 0 Å². The molecule has 25 heavy (non-hydrogen) atoms. The van der Waals surface area contributed by atoms with Gasteiger partial charge >= 0.3 is 7.60 Å². The van der Waals surface area contributed by atoms with Crippen LogP contribution in [0.15, 0.2) is 12.3 Å². The Morgan fingerprint density at radius 1 is 1.12 bits per heavy atom. The molecule has 0 aliphatic rings. The van der Waals surface area contributed by atoms with Crippen molar-refractivity contribution in [3.63, 3.8) is 0 Å². The summed E-state index contributed by atoms with van der Waals surface area (Å²) in [6.07, 6.45) is 6.59. The highest BCUT2D eigenvalue weighted by molar-refractivity contribution is 7.54. The summed E-state index contributed by atoms with van der Waals surface area (Å²) in [5.74, 6) is -0.419. The van der Waals surface area contributed by atoms with Crippen LogP contribution >= 0.6 is 7.60 Å². The number of unbranched alkanes of at least 4 members (excludes halogenated alkanes) is 2. The van der Waals surface area contributed by atoms with Crippen molar-refractivity contribution in [3.05, 3.63) is 18.0 Å². The molecule has 0 aliphatic heterocycles. The fourth-order valence-corrected chi connectivity index (χ4v) is 4.14. The van der Waals surface area contributed by atoms with Gasteiger partial charge in [-0.3, -0.25) is 4.57 Å². The molecule has 1 unspecified atom stereocenters. The van der Waals surface area contributed by atoms with E-state index in [1.165, 1.54) is 0 Å². The molecule has 0 fully saturated rings. The highest BCUT2D eigenvalue weighted by atomic mass is 31.2. The van der Waals surface area contributed by atoms with Crippen LogP contribution in [0.25, 0.3) is 0 Å². The van der Waals surface area contributed by atoms with Crippen molar-refractivity contribution in [3.8, 4) is 0 Å². The van der Waals surface area contributed by atoms with E-state index in [-0.39, 0.29) is 12.6 Å². The van der Waals surface area contributed by atoms with Gasteiger partial charge in [-0.25, -0.2) is 9.97 Å². The van der Waals surface area contributed by atoms with Gasteiger partial charge in [0.25, 0.3) is 0 Å². The van der Waals surface area contributed by atoms with Gasteiger partial charge in [0.2, 0.25) is 5.95 Å². The first-order chi connectivity index (χ1) is 12.1. The van der Waals surface area contributed by atoms with Crippen LogP contribution in [0.2, 0.25) is 0 Å². The molecule has 0 amide bonds. The van der Waals surface area contributed by atoms with Crippen LogP contribution < -0.4 is 5.73 Å². The third-order valence-electron chi connectivity index (χ3n) is 3.58. The smallest absolute Gasteiger partial charge is 0.359 e. The Labute approximate surface area is 151 Å². The molecule has 0 aromatic carbocycles. The summed E-state index contributed by atoms with van der Waals surface area (Å²) in [7, 11) is -3.35. The van der Waals surface area contributed by atoms with Crippen LogP contribution in [-0.4, -0.2) is 29.0 Å². The SMILES string of the molecule is CCCCOP(=O)(OCCCC)C(CCC)OCc1ccnc(N)n1. The topological polar surface area (TPSA) is 96.6 Å². The highest BCUT2D eigenvalue weighted by Crippen LogP contribution is 2.55. The Morgan fingerprint density at radius 2 is 1.76 bits per heavy atom. The number of aromatic nitrogens is 2. The predicted molar refractivity (Wildman–Crippen MR) is 99.3 cm³/mol. The maximum atomic E-state index is 13.3. The molecule has 0 saturated carbocycles. The fourth-order valence-electron chi connectivity index (χ4n) is 2.13. The first kappa shape index (κ1) is 22.0. The van der Waals surface area contributed by atoms with E-state index in [0.29, 0.717) is 25.3 Å². The summed E-state index contributed by atoms with van der Waals surface area (Å²) in [4.78, 5) is 7.97. The summed E-state index contributed by atoms with van der Waals surface area (Å²) in [5, 5.41) is 0. The van der Waals surface area contributed by atoms with E-state index in [4.69, 9.17) is 19.5 Å². The minimum absolute atomic E-state index is 0.190. The Balaban J connectivity index is 2.79. The van der Waals surface area contributed by atoms with Gasteiger partial charge in [0.1, 0.15) is 0 Å². The lowest BCUT2D eigenvalue weighted by atomic mass is 10.3.